The van der Waals surface area contributed by atoms with Gasteiger partial charge in [0.05, 0.1) is 11.2 Å². The molecule has 0 atom stereocenters. The van der Waals surface area contributed by atoms with Crippen molar-refractivity contribution < 1.29 is 14.1 Å². The molecule has 1 aromatic carbocycles. The maximum absolute atomic E-state index is 11.3. The first-order valence-corrected chi connectivity index (χ1v) is 7.32. The van der Waals surface area contributed by atoms with Crippen molar-refractivity contribution in [2.24, 2.45) is 11.5 Å². The molecule has 2 rings (SSSR count). The molecule has 1 amide bonds. The van der Waals surface area contributed by atoms with Gasteiger partial charge in [0, 0.05) is 12.1 Å². The van der Waals surface area contributed by atoms with Crippen LogP contribution in [-0.2, 0) is 9.31 Å². The highest BCUT2D eigenvalue weighted by Crippen LogP contribution is 2.38. The van der Waals surface area contributed by atoms with Crippen LogP contribution in [0.2, 0.25) is 0 Å². The molecule has 1 fully saturated rings. The molecule has 1 aliphatic rings. The molecule has 0 bridgehead atoms. The summed E-state index contributed by atoms with van der Waals surface area (Å²) in [5, 5.41) is 0. The largest absolute Gasteiger partial charge is 0.491 e. The van der Waals surface area contributed by atoms with Gasteiger partial charge in [0.25, 0.3) is 0 Å². The van der Waals surface area contributed by atoms with Gasteiger partial charge in [-0.15, -0.1) is 0 Å². The number of carbonyl (C=O) groups is 1. The summed E-state index contributed by atoms with van der Waals surface area (Å²) >= 11 is 0. The molecule has 6 heteroatoms. The summed E-state index contributed by atoms with van der Waals surface area (Å²) in [5.74, 6) is -0.458. The first-order chi connectivity index (χ1) is 10.2. The Morgan fingerprint density at radius 3 is 2.32 bits per heavy atom. The number of hydrogen-bond donors (Lipinski definition) is 2. The fourth-order valence-electron chi connectivity index (χ4n) is 2.21. The normalized spacial score (nSPS) is 20.2. The summed E-state index contributed by atoms with van der Waals surface area (Å²) in [6.07, 6.45) is 1.88. The van der Waals surface area contributed by atoms with Gasteiger partial charge in [-0.2, -0.15) is 0 Å². The number of rotatable bonds is 4. The third-order valence-electron chi connectivity index (χ3n) is 4.31. The van der Waals surface area contributed by atoms with E-state index in [1.165, 1.54) is 0 Å². The summed E-state index contributed by atoms with van der Waals surface area (Å²) in [6.45, 7) is 8.28. The summed E-state index contributed by atoms with van der Waals surface area (Å²) in [4.78, 5) is 11.3. The lowest BCUT2D eigenvalue weighted by Gasteiger charge is -2.32. The molecule has 22 heavy (non-hydrogen) atoms. The minimum Gasteiger partial charge on any atom is -0.400 e. The summed E-state index contributed by atoms with van der Waals surface area (Å²) < 4.78 is 12.0. The van der Waals surface area contributed by atoms with Crippen molar-refractivity contribution in [1.82, 2.24) is 0 Å². The van der Waals surface area contributed by atoms with Crippen molar-refractivity contribution >= 4 is 19.1 Å². The molecule has 1 heterocycles. The van der Waals surface area contributed by atoms with E-state index in [0.717, 1.165) is 11.0 Å². The van der Waals surface area contributed by atoms with Gasteiger partial charge in [0.15, 0.2) is 0 Å². The molecule has 1 saturated heterocycles. The van der Waals surface area contributed by atoms with Gasteiger partial charge in [-0.05, 0) is 50.9 Å². The van der Waals surface area contributed by atoms with Crippen molar-refractivity contribution in [3.63, 3.8) is 0 Å². The van der Waals surface area contributed by atoms with E-state index in [-0.39, 0.29) is 0 Å². The zero-order valence-corrected chi connectivity index (χ0v) is 13.6. The molecule has 0 aromatic heterocycles. The zero-order valence-electron chi connectivity index (χ0n) is 13.6. The Kier molecular flexibility index (Phi) is 4.47. The van der Waals surface area contributed by atoms with Crippen LogP contribution >= 0.6 is 0 Å². The van der Waals surface area contributed by atoms with E-state index < -0.39 is 24.2 Å². The third kappa shape index (κ3) is 3.24. The number of hydrogen-bond acceptors (Lipinski definition) is 4. The van der Waals surface area contributed by atoms with Crippen molar-refractivity contribution in [3.8, 4) is 0 Å². The average molecular weight is 302 g/mol. The van der Waals surface area contributed by atoms with Crippen LogP contribution in [0.3, 0.4) is 0 Å². The minimum atomic E-state index is -0.493. The highest BCUT2D eigenvalue weighted by molar-refractivity contribution is 6.55. The van der Waals surface area contributed by atoms with Crippen LogP contribution in [0.25, 0.3) is 6.08 Å². The Morgan fingerprint density at radius 1 is 1.23 bits per heavy atom. The quantitative estimate of drug-likeness (QED) is 0.830. The van der Waals surface area contributed by atoms with Crippen LogP contribution in [0.1, 0.15) is 43.6 Å². The predicted molar refractivity (Wildman–Crippen MR) is 88.1 cm³/mol. The van der Waals surface area contributed by atoms with E-state index in [4.69, 9.17) is 20.8 Å². The molecule has 4 N–H and O–H groups in total. The monoisotopic (exact) mass is 302 g/mol. The second-order valence-corrected chi connectivity index (χ2v) is 6.50. The van der Waals surface area contributed by atoms with Crippen LogP contribution in [-0.4, -0.2) is 30.8 Å². The minimum absolute atomic E-state index is 0.303. The first kappa shape index (κ1) is 16.7. The maximum Gasteiger partial charge on any atom is 0.491 e. The van der Waals surface area contributed by atoms with E-state index >= 15 is 0 Å². The lowest BCUT2D eigenvalue weighted by atomic mass is 9.77. The molecule has 5 nitrogen and oxygen atoms in total. The van der Waals surface area contributed by atoms with Gasteiger partial charge in [0.1, 0.15) is 0 Å². The average Bonchev–Trinajstić information content (AvgIpc) is 2.65. The van der Waals surface area contributed by atoms with Gasteiger partial charge >= 0.3 is 7.12 Å². The van der Waals surface area contributed by atoms with Gasteiger partial charge in [-0.25, -0.2) is 0 Å². The highest BCUT2D eigenvalue weighted by Gasteiger charge is 2.52. The number of nitrogens with two attached hydrogens (primary N) is 2. The topological polar surface area (TPSA) is 87.6 Å². The Morgan fingerprint density at radius 2 is 1.82 bits per heavy atom. The van der Waals surface area contributed by atoms with Crippen molar-refractivity contribution in [1.29, 1.82) is 0 Å². The standard InChI is InChI=1S/C16H23BN2O3/c1-15(2)16(3,4)22-17(21-15)13(10-18)9-11-6-5-7-12(8-11)14(19)20/h5-9H,10,18H2,1-4H3,(H2,19,20). The number of amides is 1. The molecule has 0 aliphatic carbocycles. The Labute approximate surface area is 131 Å². The first-order valence-electron chi connectivity index (χ1n) is 7.32. The van der Waals surface area contributed by atoms with Crippen LogP contribution in [0.4, 0.5) is 0 Å². The Bertz CT molecular complexity index is 595. The summed E-state index contributed by atoms with van der Waals surface area (Å²) in [7, 11) is -0.493. The van der Waals surface area contributed by atoms with Gasteiger partial charge in [0.2, 0.25) is 5.91 Å². The number of primary amides is 1. The van der Waals surface area contributed by atoms with Crippen LogP contribution < -0.4 is 11.5 Å². The van der Waals surface area contributed by atoms with Gasteiger partial charge in [-0.1, -0.05) is 18.2 Å². The molecule has 1 aromatic rings. The van der Waals surface area contributed by atoms with Crippen LogP contribution in [0.15, 0.2) is 29.7 Å². The summed E-state index contributed by atoms with van der Waals surface area (Å²) in [5.41, 5.74) is 12.4. The van der Waals surface area contributed by atoms with Crippen molar-refractivity contribution in [2.75, 3.05) is 6.54 Å². The predicted octanol–water partition coefficient (Wildman–Crippen LogP) is 1.76. The summed E-state index contributed by atoms with van der Waals surface area (Å²) in [6, 6.07) is 7.07. The van der Waals surface area contributed by atoms with Gasteiger partial charge < -0.3 is 20.8 Å². The fourth-order valence-corrected chi connectivity index (χ4v) is 2.21. The lowest BCUT2D eigenvalue weighted by Crippen LogP contribution is -2.41. The van der Waals surface area contributed by atoms with Gasteiger partial charge in [-0.3, -0.25) is 4.79 Å². The van der Waals surface area contributed by atoms with E-state index in [0.29, 0.717) is 12.1 Å². The highest BCUT2D eigenvalue weighted by atomic mass is 16.7. The zero-order chi connectivity index (χ0) is 16.5. The molecule has 118 valence electrons. The van der Waals surface area contributed by atoms with Crippen molar-refractivity contribution in [2.45, 2.75) is 38.9 Å². The SMILES string of the molecule is CC1(C)OB(C(=Cc2cccc(C(N)=O)c2)CN)OC1(C)C. The smallest absolute Gasteiger partial charge is 0.400 e. The van der Waals surface area contributed by atoms with E-state index in [9.17, 15) is 4.79 Å². The molecule has 1 aliphatic heterocycles. The Balaban J connectivity index is 2.29. The molecule has 0 unspecified atom stereocenters. The molecule has 0 radical (unpaired) electrons. The van der Waals surface area contributed by atoms with Crippen molar-refractivity contribution in [3.05, 3.63) is 40.9 Å². The molecule has 0 saturated carbocycles. The van der Waals surface area contributed by atoms with E-state index in [1.54, 1.807) is 18.2 Å². The molecule has 0 spiro atoms. The molecular formula is C16H23BN2O3. The third-order valence-corrected chi connectivity index (χ3v) is 4.31. The fraction of sp³-hybridized carbons (Fsp3) is 0.438. The molecular weight excluding hydrogens is 279 g/mol. The van der Waals surface area contributed by atoms with Crippen LogP contribution in [0, 0.1) is 0 Å². The number of benzene rings is 1. The Hall–Kier alpha value is -1.63. The number of carbonyl (C=O) groups excluding carboxylic acids is 1. The second-order valence-electron chi connectivity index (χ2n) is 6.50. The van der Waals surface area contributed by atoms with E-state index in [1.807, 2.05) is 39.8 Å². The van der Waals surface area contributed by atoms with E-state index in [2.05, 4.69) is 0 Å². The second kappa shape index (κ2) is 5.87. The maximum atomic E-state index is 11.3. The van der Waals surface area contributed by atoms with Crippen LogP contribution in [0.5, 0.6) is 0 Å². The lowest BCUT2D eigenvalue weighted by molar-refractivity contribution is 0.00578.